The summed E-state index contributed by atoms with van der Waals surface area (Å²) in [5.41, 5.74) is 2.13. The van der Waals surface area contributed by atoms with Gasteiger partial charge in [-0.15, -0.1) is 0 Å². The smallest absolute Gasteiger partial charge is 0.224 e. The lowest BCUT2D eigenvalue weighted by Gasteiger charge is -2.33. The maximum absolute atomic E-state index is 12.4. The van der Waals surface area contributed by atoms with E-state index in [9.17, 15) is 13.2 Å². The van der Waals surface area contributed by atoms with Gasteiger partial charge in [0.25, 0.3) is 0 Å². The van der Waals surface area contributed by atoms with Crippen LogP contribution in [0, 0.1) is 5.92 Å². The third-order valence-electron chi connectivity index (χ3n) is 5.36. The summed E-state index contributed by atoms with van der Waals surface area (Å²) in [4.78, 5) is 12.4. The fourth-order valence-electron chi connectivity index (χ4n) is 3.78. The molecule has 1 unspecified atom stereocenters. The predicted octanol–water partition coefficient (Wildman–Crippen LogP) is 2.29. The lowest BCUT2D eigenvalue weighted by Crippen LogP contribution is -2.46. The highest BCUT2D eigenvalue weighted by atomic mass is 32.2. The molecular weight excluding hydrogens is 362 g/mol. The largest absolute Gasteiger partial charge is 0.355 e. The Kier molecular flexibility index (Phi) is 5.91. The highest BCUT2D eigenvalue weighted by molar-refractivity contribution is 7.89. The molecule has 0 saturated carbocycles. The van der Waals surface area contributed by atoms with Crippen molar-refractivity contribution in [2.45, 2.75) is 38.4 Å². The van der Waals surface area contributed by atoms with Crippen molar-refractivity contribution in [3.8, 4) is 0 Å². The van der Waals surface area contributed by atoms with E-state index in [2.05, 4.69) is 5.32 Å². The maximum Gasteiger partial charge on any atom is 0.224 e. The second-order valence-electron chi connectivity index (χ2n) is 7.72. The summed E-state index contributed by atoms with van der Waals surface area (Å²) in [5.74, 6) is 0.152. The van der Waals surface area contributed by atoms with Crippen LogP contribution in [0.5, 0.6) is 0 Å². The first-order valence-electron chi connectivity index (χ1n) is 9.57. The Bertz CT molecular complexity index is 918. The molecule has 148 valence electrons. The lowest BCUT2D eigenvalue weighted by molar-refractivity contribution is -0.120. The van der Waals surface area contributed by atoms with Crippen molar-refractivity contribution < 1.29 is 13.2 Å². The first-order chi connectivity index (χ1) is 12.8. The predicted molar refractivity (Wildman–Crippen MR) is 108 cm³/mol. The van der Waals surface area contributed by atoms with Crippen LogP contribution >= 0.6 is 0 Å². The van der Waals surface area contributed by atoms with Crippen molar-refractivity contribution >= 4 is 26.8 Å². The number of hydrogen-bond donors (Lipinski definition) is 1. The number of nitrogens with one attached hydrogen (secondary N) is 1. The van der Waals surface area contributed by atoms with E-state index >= 15 is 0 Å². The SMILES string of the molecule is CC(C)S(=O)(=O)N1CCCC(CNC(=O)Cc2cn(C)c3ccccc23)C1. The number of amides is 1. The van der Waals surface area contributed by atoms with E-state index in [4.69, 9.17) is 0 Å². The monoisotopic (exact) mass is 391 g/mol. The third-order valence-corrected chi connectivity index (χ3v) is 7.60. The molecule has 27 heavy (non-hydrogen) atoms. The van der Waals surface area contributed by atoms with Crippen molar-refractivity contribution in [1.29, 1.82) is 0 Å². The Balaban J connectivity index is 1.57. The fourth-order valence-corrected chi connectivity index (χ4v) is 5.18. The summed E-state index contributed by atoms with van der Waals surface area (Å²) in [6.07, 6.45) is 4.12. The molecule has 7 heteroatoms. The number of sulfonamides is 1. The zero-order chi connectivity index (χ0) is 19.6. The van der Waals surface area contributed by atoms with E-state index in [-0.39, 0.29) is 11.8 Å². The first-order valence-corrected chi connectivity index (χ1v) is 11.1. The van der Waals surface area contributed by atoms with Crippen LogP contribution in [-0.4, -0.2) is 48.1 Å². The maximum atomic E-state index is 12.4. The van der Waals surface area contributed by atoms with Gasteiger partial charge in [0.15, 0.2) is 0 Å². The first kappa shape index (κ1) is 19.9. The van der Waals surface area contributed by atoms with Gasteiger partial charge in [-0.25, -0.2) is 12.7 Å². The molecule has 1 fully saturated rings. The number of aryl methyl sites for hydroxylation is 1. The van der Waals surface area contributed by atoms with Crippen LogP contribution in [0.3, 0.4) is 0 Å². The molecule has 1 atom stereocenters. The Labute approximate surface area is 161 Å². The number of nitrogens with zero attached hydrogens (tertiary/aromatic N) is 2. The zero-order valence-electron chi connectivity index (χ0n) is 16.3. The quantitative estimate of drug-likeness (QED) is 0.821. The summed E-state index contributed by atoms with van der Waals surface area (Å²) < 4.78 is 28.4. The summed E-state index contributed by atoms with van der Waals surface area (Å²) in [7, 11) is -1.24. The Morgan fingerprint density at radius 3 is 2.78 bits per heavy atom. The summed E-state index contributed by atoms with van der Waals surface area (Å²) in [6, 6.07) is 8.05. The van der Waals surface area contributed by atoms with E-state index in [1.165, 1.54) is 0 Å². The molecule has 1 aliphatic rings. The van der Waals surface area contributed by atoms with Crippen LogP contribution < -0.4 is 5.32 Å². The number of para-hydroxylation sites is 1. The molecular formula is C20H29N3O3S. The van der Waals surface area contributed by atoms with Crippen LogP contribution in [0.25, 0.3) is 10.9 Å². The standard InChI is InChI=1S/C20H29N3O3S/c1-15(2)27(25,26)23-10-6-7-16(13-23)12-21-20(24)11-17-14-22(3)19-9-5-4-8-18(17)19/h4-5,8-9,14-16H,6-7,10-13H2,1-3H3,(H,21,24). The van der Waals surface area contributed by atoms with E-state index in [0.717, 1.165) is 29.3 Å². The van der Waals surface area contributed by atoms with Gasteiger partial charge in [0.05, 0.1) is 11.7 Å². The topological polar surface area (TPSA) is 71.4 Å². The summed E-state index contributed by atoms with van der Waals surface area (Å²) in [5, 5.41) is 3.70. The van der Waals surface area contributed by atoms with Gasteiger partial charge < -0.3 is 9.88 Å². The van der Waals surface area contributed by atoms with Gasteiger partial charge in [0, 0.05) is 43.8 Å². The van der Waals surface area contributed by atoms with Crippen LogP contribution in [0.4, 0.5) is 0 Å². The molecule has 3 rings (SSSR count). The van der Waals surface area contributed by atoms with Crippen LogP contribution in [0.2, 0.25) is 0 Å². The number of benzene rings is 1. The minimum atomic E-state index is -3.22. The zero-order valence-corrected chi connectivity index (χ0v) is 17.1. The average Bonchev–Trinajstić information content (AvgIpc) is 2.96. The Morgan fingerprint density at radius 1 is 1.30 bits per heavy atom. The van der Waals surface area contributed by atoms with Gasteiger partial charge in [-0.3, -0.25) is 4.79 Å². The van der Waals surface area contributed by atoms with Gasteiger partial charge in [-0.05, 0) is 44.2 Å². The molecule has 2 aromatic rings. The second-order valence-corrected chi connectivity index (χ2v) is 10.2. The van der Waals surface area contributed by atoms with Crippen molar-refractivity contribution in [2.75, 3.05) is 19.6 Å². The summed E-state index contributed by atoms with van der Waals surface area (Å²) in [6.45, 7) is 5.03. The Morgan fingerprint density at radius 2 is 2.04 bits per heavy atom. The molecule has 0 bridgehead atoms. The van der Waals surface area contributed by atoms with Gasteiger partial charge >= 0.3 is 0 Å². The third kappa shape index (κ3) is 4.35. The van der Waals surface area contributed by atoms with E-state index in [1.54, 1.807) is 18.2 Å². The van der Waals surface area contributed by atoms with E-state index < -0.39 is 15.3 Å². The molecule has 1 aliphatic heterocycles. The number of aromatic nitrogens is 1. The molecule has 6 nitrogen and oxygen atoms in total. The minimum absolute atomic E-state index is 0.0183. The van der Waals surface area contributed by atoms with Gasteiger partial charge in [-0.1, -0.05) is 18.2 Å². The minimum Gasteiger partial charge on any atom is -0.355 e. The van der Waals surface area contributed by atoms with Crippen LogP contribution in [0.15, 0.2) is 30.5 Å². The van der Waals surface area contributed by atoms with E-state index in [0.29, 0.717) is 26.1 Å². The van der Waals surface area contributed by atoms with Crippen LogP contribution in [0.1, 0.15) is 32.3 Å². The number of carbonyl (C=O) groups excluding carboxylic acids is 1. The highest BCUT2D eigenvalue weighted by Gasteiger charge is 2.31. The molecule has 1 N–H and O–H groups in total. The van der Waals surface area contributed by atoms with Crippen molar-refractivity contribution in [2.24, 2.45) is 13.0 Å². The molecule has 1 amide bonds. The van der Waals surface area contributed by atoms with Crippen LogP contribution in [-0.2, 0) is 28.3 Å². The molecule has 1 saturated heterocycles. The number of piperidine rings is 1. The van der Waals surface area contributed by atoms with E-state index in [1.807, 2.05) is 42.1 Å². The Hall–Kier alpha value is -1.86. The molecule has 2 heterocycles. The fraction of sp³-hybridized carbons (Fsp3) is 0.550. The number of fused-ring (bicyclic) bond motifs is 1. The summed E-state index contributed by atoms with van der Waals surface area (Å²) >= 11 is 0. The highest BCUT2D eigenvalue weighted by Crippen LogP contribution is 2.22. The number of rotatable bonds is 6. The molecule has 0 spiro atoms. The number of carbonyl (C=O) groups is 1. The molecule has 1 aromatic carbocycles. The molecule has 0 radical (unpaired) electrons. The van der Waals surface area contributed by atoms with Gasteiger partial charge in [0.1, 0.15) is 0 Å². The van der Waals surface area contributed by atoms with Crippen molar-refractivity contribution in [3.05, 3.63) is 36.0 Å². The van der Waals surface area contributed by atoms with Gasteiger partial charge in [-0.2, -0.15) is 0 Å². The second kappa shape index (κ2) is 8.02. The number of hydrogen-bond acceptors (Lipinski definition) is 3. The molecule has 1 aromatic heterocycles. The average molecular weight is 392 g/mol. The lowest BCUT2D eigenvalue weighted by atomic mass is 9.99. The molecule has 0 aliphatic carbocycles. The van der Waals surface area contributed by atoms with Gasteiger partial charge in [0.2, 0.25) is 15.9 Å². The normalized spacial score (nSPS) is 18.9. The van der Waals surface area contributed by atoms with Crippen molar-refractivity contribution in [1.82, 2.24) is 14.2 Å². The van der Waals surface area contributed by atoms with Crippen molar-refractivity contribution in [3.63, 3.8) is 0 Å².